The summed E-state index contributed by atoms with van der Waals surface area (Å²) in [5, 5.41) is 11.3. The number of amides is 1. The molecule has 0 bridgehead atoms. The average molecular weight is 451 g/mol. The molecule has 1 aromatic carbocycles. The normalized spacial score (nSPS) is 18.1. The third-order valence-electron chi connectivity index (χ3n) is 6.05. The summed E-state index contributed by atoms with van der Waals surface area (Å²) in [7, 11) is 3.83. The van der Waals surface area contributed by atoms with Crippen LogP contribution in [0.1, 0.15) is 35.0 Å². The van der Waals surface area contributed by atoms with Crippen LogP contribution in [0.4, 0.5) is 4.39 Å². The minimum absolute atomic E-state index is 0.140. The standard InChI is InChI=1S/C25H27FN4O3/c1-15-9-7-13-29-16(2)20(27-24(15)29)22(31)19-21(17-10-5-6-11-18(17)26)30(25(33)23(19)32)14-8-12-28(3)4/h5-7,9-11,13,21,31H,8,12,14H2,1-4H3/b22-19+. The van der Waals surface area contributed by atoms with Gasteiger partial charge in [-0.25, -0.2) is 9.37 Å². The van der Waals surface area contributed by atoms with Gasteiger partial charge in [0.2, 0.25) is 0 Å². The topological polar surface area (TPSA) is 78.2 Å². The Morgan fingerprint density at radius 1 is 1.15 bits per heavy atom. The number of fused-ring (bicyclic) bond motifs is 1. The molecule has 1 saturated heterocycles. The lowest BCUT2D eigenvalue weighted by Gasteiger charge is -2.26. The van der Waals surface area contributed by atoms with Crippen LogP contribution < -0.4 is 0 Å². The first-order valence-electron chi connectivity index (χ1n) is 10.8. The van der Waals surface area contributed by atoms with Gasteiger partial charge >= 0.3 is 0 Å². The molecule has 7 nitrogen and oxygen atoms in total. The number of nitrogens with zero attached hydrogens (tertiary/aromatic N) is 4. The van der Waals surface area contributed by atoms with Gasteiger partial charge in [0.1, 0.15) is 17.2 Å². The van der Waals surface area contributed by atoms with Crippen LogP contribution in [-0.2, 0) is 9.59 Å². The van der Waals surface area contributed by atoms with Crippen LogP contribution in [0.25, 0.3) is 11.4 Å². The second-order valence-electron chi connectivity index (χ2n) is 8.60. The Morgan fingerprint density at radius 2 is 1.88 bits per heavy atom. The first kappa shape index (κ1) is 22.7. The molecule has 1 aliphatic rings. The fourth-order valence-corrected chi connectivity index (χ4v) is 4.36. The monoisotopic (exact) mass is 450 g/mol. The van der Waals surface area contributed by atoms with Crippen molar-refractivity contribution in [2.75, 3.05) is 27.2 Å². The molecule has 1 atom stereocenters. The molecular weight excluding hydrogens is 423 g/mol. The van der Waals surface area contributed by atoms with Crippen molar-refractivity contribution in [1.29, 1.82) is 0 Å². The molecule has 1 unspecified atom stereocenters. The predicted octanol–water partition coefficient (Wildman–Crippen LogP) is 3.46. The number of Topliss-reactive ketones (excluding diaryl/α,β-unsaturated/α-hetero) is 1. The van der Waals surface area contributed by atoms with Gasteiger partial charge in [-0.05, 0) is 58.6 Å². The van der Waals surface area contributed by atoms with E-state index in [-0.39, 0.29) is 23.4 Å². The zero-order valence-corrected chi connectivity index (χ0v) is 19.2. The van der Waals surface area contributed by atoms with Gasteiger partial charge in [0, 0.05) is 18.3 Å². The molecule has 1 amide bonds. The molecule has 0 radical (unpaired) electrons. The van der Waals surface area contributed by atoms with E-state index in [1.807, 2.05) is 48.6 Å². The third kappa shape index (κ3) is 3.91. The van der Waals surface area contributed by atoms with Crippen LogP contribution in [0.2, 0.25) is 0 Å². The van der Waals surface area contributed by atoms with E-state index < -0.39 is 29.3 Å². The number of aryl methyl sites for hydroxylation is 2. The number of aliphatic hydroxyl groups is 1. The number of rotatable bonds is 6. The number of ketones is 1. The number of halogens is 1. The van der Waals surface area contributed by atoms with Gasteiger partial charge in [-0.3, -0.25) is 9.59 Å². The molecule has 0 spiro atoms. The maximum atomic E-state index is 14.9. The number of aromatic nitrogens is 2. The molecular formula is C25H27FN4O3. The highest BCUT2D eigenvalue weighted by atomic mass is 19.1. The van der Waals surface area contributed by atoms with E-state index in [4.69, 9.17) is 0 Å². The molecule has 4 rings (SSSR count). The molecule has 0 saturated carbocycles. The van der Waals surface area contributed by atoms with Crippen LogP contribution in [0.15, 0.2) is 48.2 Å². The summed E-state index contributed by atoms with van der Waals surface area (Å²) in [6.07, 6.45) is 2.41. The van der Waals surface area contributed by atoms with Crippen molar-refractivity contribution in [1.82, 2.24) is 19.2 Å². The number of carbonyl (C=O) groups excluding carboxylic acids is 2. The number of benzene rings is 1. The Balaban J connectivity index is 1.89. The number of pyridine rings is 1. The van der Waals surface area contributed by atoms with E-state index in [0.29, 0.717) is 24.3 Å². The molecule has 33 heavy (non-hydrogen) atoms. The Hall–Kier alpha value is -3.52. The van der Waals surface area contributed by atoms with Crippen molar-refractivity contribution in [2.24, 2.45) is 0 Å². The van der Waals surface area contributed by atoms with E-state index in [1.54, 1.807) is 25.1 Å². The number of aliphatic hydroxyl groups excluding tert-OH is 1. The molecule has 1 aliphatic heterocycles. The van der Waals surface area contributed by atoms with Crippen molar-refractivity contribution in [3.8, 4) is 0 Å². The number of hydrogen-bond donors (Lipinski definition) is 1. The molecule has 0 aliphatic carbocycles. The van der Waals surface area contributed by atoms with Crippen molar-refractivity contribution in [2.45, 2.75) is 26.3 Å². The lowest BCUT2D eigenvalue weighted by Crippen LogP contribution is -2.32. The maximum Gasteiger partial charge on any atom is 0.295 e. The van der Waals surface area contributed by atoms with Gasteiger partial charge in [0.15, 0.2) is 5.76 Å². The zero-order chi connectivity index (χ0) is 23.9. The second kappa shape index (κ2) is 8.78. The lowest BCUT2D eigenvalue weighted by atomic mass is 9.96. The average Bonchev–Trinajstić information content (AvgIpc) is 3.24. The zero-order valence-electron chi connectivity index (χ0n) is 19.2. The summed E-state index contributed by atoms with van der Waals surface area (Å²) in [6.45, 7) is 4.62. The van der Waals surface area contributed by atoms with Crippen LogP contribution in [-0.4, -0.2) is 63.2 Å². The molecule has 1 fully saturated rings. The fourth-order valence-electron chi connectivity index (χ4n) is 4.36. The molecule has 3 aromatic rings. The van der Waals surface area contributed by atoms with Crippen LogP contribution in [0.3, 0.4) is 0 Å². The van der Waals surface area contributed by atoms with Crippen LogP contribution >= 0.6 is 0 Å². The first-order valence-corrected chi connectivity index (χ1v) is 10.8. The second-order valence-corrected chi connectivity index (χ2v) is 8.60. The Bertz CT molecular complexity index is 1280. The van der Waals surface area contributed by atoms with Gasteiger partial charge in [-0.2, -0.15) is 0 Å². The summed E-state index contributed by atoms with van der Waals surface area (Å²) < 4.78 is 16.7. The van der Waals surface area contributed by atoms with E-state index in [0.717, 1.165) is 5.56 Å². The SMILES string of the molecule is Cc1cccn2c(C)c(/C(O)=C3\C(=O)C(=O)N(CCCN(C)C)C3c3ccccc3F)nc12. The Kier molecular flexibility index (Phi) is 6.03. The van der Waals surface area contributed by atoms with Crippen LogP contribution in [0.5, 0.6) is 0 Å². The number of likely N-dealkylation sites (tertiary alicyclic amines) is 1. The summed E-state index contributed by atoms with van der Waals surface area (Å²) in [4.78, 5) is 34.0. The largest absolute Gasteiger partial charge is 0.505 e. The van der Waals surface area contributed by atoms with Gasteiger partial charge in [-0.1, -0.05) is 24.3 Å². The molecule has 8 heteroatoms. The quantitative estimate of drug-likeness (QED) is 0.354. The van der Waals surface area contributed by atoms with E-state index in [1.165, 1.54) is 11.0 Å². The van der Waals surface area contributed by atoms with Crippen molar-refractivity contribution < 1.29 is 19.1 Å². The molecule has 172 valence electrons. The lowest BCUT2D eigenvalue weighted by molar-refractivity contribution is -0.140. The number of imidazole rings is 1. The minimum Gasteiger partial charge on any atom is -0.505 e. The predicted molar refractivity (Wildman–Crippen MR) is 123 cm³/mol. The van der Waals surface area contributed by atoms with Gasteiger partial charge in [0.05, 0.1) is 17.3 Å². The summed E-state index contributed by atoms with van der Waals surface area (Å²) in [5.41, 5.74) is 2.39. The Labute approximate surface area is 191 Å². The van der Waals surface area contributed by atoms with Gasteiger partial charge < -0.3 is 19.3 Å². The molecule has 1 N–H and O–H groups in total. The fraction of sp³-hybridized carbons (Fsp3) is 0.320. The van der Waals surface area contributed by atoms with E-state index in [2.05, 4.69) is 4.98 Å². The summed E-state index contributed by atoms with van der Waals surface area (Å²) in [5.74, 6) is -2.52. The summed E-state index contributed by atoms with van der Waals surface area (Å²) >= 11 is 0. The summed E-state index contributed by atoms with van der Waals surface area (Å²) in [6, 6.07) is 8.76. The molecule has 2 aromatic heterocycles. The van der Waals surface area contributed by atoms with Crippen molar-refractivity contribution in [3.05, 3.63) is 76.5 Å². The van der Waals surface area contributed by atoms with Crippen molar-refractivity contribution >= 4 is 23.1 Å². The highest BCUT2D eigenvalue weighted by Crippen LogP contribution is 2.40. The third-order valence-corrected chi connectivity index (χ3v) is 6.05. The highest BCUT2D eigenvalue weighted by Gasteiger charge is 2.47. The van der Waals surface area contributed by atoms with Gasteiger partial charge in [-0.15, -0.1) is 0 Å². The Morgan fingerprint density at radius 3 is 2.55 bits per heavy atom. The van der Waals surface area contributed by atoms with E-state index in [9.17, 15) is 19.1 Å². The number of hydrogen-bond acceptors (Lipinski definition) is 5. The minimum atomic E-state index is -1.03. The smallest absolute Gasteiger partial charge is 0.295 e. The first-order chi connectivity index (χ1) is 15.7. The maximum absolute atomic E-state index is 14.9. The molecule has 3 heterocycles. The van der Waals surface area contributed by atoms with Gasteiger partial charge in [0.25, 0.3) is 11.7 Å². The highest BCUT2D eigenvalue weighted by molar-refractivity contribution is 6.46. The van der Waals surface area contributed by atoms with Crippen molar-refractivity contribution in [3.63, 3.8) is 0 Å². The van der Waals surface area contributed by atoms with E-state index >= 15 is 0 Å². The van der Waals surface area contributed by atoms with Crippen LogP contribution in [0, 0.1) is 19.7 Å². The number of carbonyl (C=O) groups is 2.